The Hall–Kier alpha value is -1.58. The van der Waals surface area contributed by atoms with Crippen LogP contribution in [0, 0.1) is 10.1 Å². The van der Waals surface area contributed by atoms with E-state index in [1.807, 2.05) is 24.5 Å². The predicted octanol–water partition coefficient (Wildman–Crippen LogP) is 6.03. The highest BCUT2D eigenvalue weighted by Crippen LogP contribution is 2.39. The molecule has 1 amide bonds. The monoisotopic (exact) mass is 456 g/mol. The van der Waals surface area contributed by atoms with Gasteiger partial charge in [0.1, 0.15) is 5.02 Å². The standard InChI is InChI=1S/C17H10Cl2N2O3S3/c1-26-11-4-2-3-10(7-11)20-16(22)15(27-17(20)25)6-9-5-14(21(23)24)13(19)8-12(9)18/h2-8H,1H3/b15-6-. The number of anilines is 1. The smallest absolute Gasteiger partial charge is 0.268 e. The van der Waals surface area contributed by atoms with Gasteiger partial charge in [0.2, 0.25) is 0 Å². The number of nitro groups is 1. The molecule has 0 N–H and O–H groups in total. The molecule has 0 saturated carbocycles. The highest BCUT2D eigenvalue weighted by Gasteiger charge is 2.33. The molecule has 1 aliphatic rings. The number of thiocarbonyl (C=S) groups is 1. The third kappa shape index (κ3) is 4.14. The van der Waals surface area contributed by atoms with Crippen molar-refractivity contribution in [2.45, 2.75) is 4.90 Å². The normalized spacial score (nSPS) is 15.7. The quantitative estimate of drug-likeness (QED) is 0.184. The Kier molecular flexibility index (Phi) is 6.12. The van der Waals surface area contributed by atoms with E-state index in [1.54, 1.807) is 17.8 Å². The minimum Gasteiger partial charge on any atom is -0.268 e. The lowest BCUT2D eigenvalue weighted by Gasteiger charge is -2.15. The molecule has 0 radical (unpaired) electrons. The van der Waals surface area contributed by atoms with Crippen molar-refractivity contribution in [2.24, 2.45) is 0 Å². The topological polar surface area (TPSA) is 63.5 Å². The van der Waals surface area contributed by atoms with Gasteiger partial charge >= 0.3 is 0 Å². The van der Waals surface area contributed by atoms with Gasteiger partial charge in [0.05, 0.1) is 15.5 Å². The average molecular weight is 457 g/mol. The lowest BCUT2D eigenvalue weighted by Crippen LogP contribution is -2.27. The van der Waals surface area contributed by atoms with Crippen LogP contribution < -0.4 is 4.90 Å². The second kappa shape index (κ2) is 8.20. The van der Waals surface area contributed by atoms with E-state index in [9.17, 15) is 14.9 Å². The minimum atomic E-state index is -0.602. The Morgan fingerprint density at radius 1 is 1.26 bits per heavy atom. The fourth-order valence-corrected chi connectivity index (χ4v) is 4.64. The molecule has 0 aromatic heterocycles. The SMILES string of the molecule is CSc1cccc(N2C(=O)/C(=C/c3cc([N+](=O)[O-])c(Cl)cc3Cl)SC2=S)c1. The van der Waals surface area contributed by atoms with Crippen molar-refractivity contribution in [2.75, 3.05) is 11.2 Å². The maximum Gasteiger partial charge on any atom is 0.288 e. The van der Waals surface area contributed by atoms with Crippen molar-refractivity contribution in [3.63, 3.8) is 0 Å². The van der Waals surface area contributed by atoms with Gasteiger partial charge in [0.15, 0.2) is 4.32 Å². The molecule has 0 spiro atoms. The Morgan fingerprint density at radius 2 is 2.00 bits per heavy atom. The molecule has 10 heteroatoms. The Morgan fingerprint density at radius 3 is 2.67 bits per heavy atom. The number of amides is 1. The second-order valence-electron chi connectivity index (χ2n) is 5.30. The number of rotatable bonds is 4. The molecule has 1 fully saturated rings. The number of carbonyl (C=O) groups is 1. The van der Waals surface area contributed by atoms with Crippen LogP contribution in [0.4, 0.5) is 11.4 Å². The summed E-state index contributed by atoms with van der Waals surface area (Å²) < 4.78 is 0.379. The zero-order chi connectivity index (χ0) is 19.7. The van der Waals surface area contributed by atoms with Crippen molar-refractivity contribution in [1.82, 2.24) is 0 Å². The van der Waals surface area contributed by atoms with Crippen LogP contribution in [0.2, 0.25) is 10.0 Å². The number of benzene rings is 2. The highest BCUT2D eigenvalue weighted by atomic mass is 35.5. The fourth-order valence-electron chi connectivity index (χ4n) is 2.39. The fraction of sp³-hybridized carbons (Fsp3) is 0.0588. The first-order valence-electron chi connectivity index (χ1n) is 7.37. The predicted molar refractivity (Wildman–Crippen MR) is 117 cm³/mol. The molecule has 0 unspecified atom stereocenters. The summed E-state index contributed by atoms with van der Waals surface area (Å²) in [6.07, 6.45) is 3.43. The molecule has 138 valence electrons. The van der Waals surface area contributed by atoms with Crippen LogP contribution in [0.5, 0.6) is 0 Å². The van der Waals surface area contributed by atoms with Crippen LogP contribution in [0.3, 0.4) is 0 Å². The van der Waals surface area contributed by atoms with Crippen molar-refractivity contribution in [3.05, 3.63) is 67.0 Å². The molecule has 2 aromatic carbocycles. The largest absolute Gasteiger partial charge is 0.288 e. The van der Waals surface area contributed by atoms with Crippen LogP contribution >= 0.6 is 58.9 Å². The van der Waals surface area contributed by atoms with Gasteiger partial charge in [0, 0.05) is 21.5 Å². The third-order valence-electron chi connectivity index (χ3n) is 3.65. The number of hydrogen-bond donors (Lipinski definition) is 0. The van der Waals surface area contributed by atoms with E-state index >= 15 is 0 Å². The van der Waals surface area contributed by atoms with E-state index in [-0.39, 0.29) is 21.6 Å². The van der Waals surface area contributed by atoms with Gasteiger partial charge < -0.3 is 0 Å². The van der Waals surface area contributed by atoms with Gasteiger partial charge in [-0.25, -0.2) is 0 Å². The first kappa shape index (κ1) is 20.2. The summed E-state index contributed by atoms with van der Waals surface area (Å²) in [5, 5.41) is 11.2. The van der Waals surface area contributed by atoms with Crippen LogP contribution in [0.15, 0.2) is 46.2 Å². The average Bonchev–Trinajstić information content (AvgIpc) is 2.90. The Balaban J connectivity index is 2.00. The summed E-state index contributed by atoms with van der Waals surface area (Å²) in [4.78, 5) is 26.1. The van der Waals surface area contributed by atoms with Crippen LogP contribution in [-0.4, -0.2) is 21.4 Å². The van der Waals surface area contributed by atoms with Gasteiger partial charge in [0.25, 0.3) is 11.6 Å². The Labute approximate surface area is 178 Å². The lowest BCUT2D eigenvalue weighted by atomic mass is 10.1. The third-order valence-corrected chi connectivity index (χ3v) is 6.31. The summed E-state index contributed by atoms with van der Waals surface area (Å²) in [6.45, 7) is 0. The zero-order valence-corrected chi connectivity index (χ0v) is 17.6. The van der Waals surface area contributed by atoms with E-state index in [0.29, 0.717) is 20.5 Å². The summed E-state index contributed by atoms with van der Waals surface area (Å²) in [6, 6.07) is 9.99. The molecule has 3 rings (SSSR count). The van der Waals surface area contributed by atoms with Crippen molar-refractivity contribution in [1.29, 1.82) is 0 Å². The minimum absolute atomic E-state index is 0.0661. The summed E-state index contributed by atoms with van der Waals surface area (Å²) in [5.41, 5.74) is 0.711. The highest BCUT2D eigenvalue weighted by molar-refractivity contribution is 8.27. The van der Waals surface area contributed by atoms with E-state index in [2.05, 4.69) is 0 Å². The van der Waals surface area contributed by atoms with E-state index in [4.69, 9.17) is 35.4 Å². The molecule has 1 aliphatic heterocycles. The first-order valence-corrected chi connectivity index (χ1v) is 10.6. The van der Waals surface area contributed by atoms with Gasteiger partial charge in [-0.1, -0.05) is 53.2 Å². The van der Waals surface area contributed by atoms with Crippen molar-refractivity contribution < 1.29 is 9.72 Å². The summed E-state index contributed by atoms with van der Waals surface area (Å²) in [7, 11) is 0. The maximum absolute atomic E-state index is 12.9. The molecule has 1 heterocycles. The zero-order valence-electron chi connectivity index (χ0n) is 13.6. The second-order valence-corrected chi connectivity index (χ2v) is 8.67. The lowest BCUT2D eigenvalue weighted by molar-refractivity contribution is -0.384. The van der Waals surface area contributed by atoms with Gasteiger partial charge in [-0.3, -0.25) is 19.8 Å². The summed E-state index contributed by atoms with van der Waals surface area (Å²) >= 11 is 20.0. The van der Waals surface area contributed by atoms with Crippen LogP contribution in [0.1, 0.15) is 5.56 Å². The number of hydrogen-bond acceptors (Lipinski definition) is 6. The van der Waals surface area contributed by atoms with Crippen molar-refractivity contribution >= 4 is 86.6 Å². The summed E-state index contributed by atoms with van der Waals surface area (Å²) in [5.74, 6) is -0.308. The molecule has 0 atom stereocenters. The van der Waals surface area contributed by atoms with Crippen LogP contribution in [-0.2, 0) is 4.79 Å². The molecule has 0 aliphatic carbocycles. The molecule has 27 heavy (non-hydrogen) atoms. The number of thioether (sulfide) groups is 2. The van der Waals surface area contributed by atoms with E-state index < -0.39 is 4.92 Å². The number of nitrogens with zero attached hydrogens (tertiary/aromatic N) is 2. The molecular weight excluding hydrogens is 447 g/mol. The van der Waals surface area contributed by atoms with Gasteiger partial charge in [-0.05, 0) is 36.6 Å². The Bertz CT molecular complexity index is 1010. The molecule has 1 saturated heterocycles. The van der Waals surface area contributed by atoms with E-state index in [0.717, 1.165) is 16.7 Å². The van der Waals surface area contributed by atoms with Crippen molar-refractivity contribution in [3.8, 4) is 0 Å². The number of carbonyl (C=O) groups excluding carboxylic acids is 1. The van der Waals surface area contributed by atoms with Crippen LogP contribution in [0.25, 0.3) is 6.08 Å². The first-order chi connectivity index (χ1) is 12.8. The molecule has 0 bridgehead atoms. The molecule has 2 aromatic rings. The van der Waals surface area contributed by atoms with E-state index in [1.165, 1.54) is 23.1 Å². The van der Waals surface area contributed by atoms with Gasteiger partial charge in [-0.15, -0.1) is 11.8 Å². The molecular formula is C17H10Cl2N2O3S3. The molecule has 5 nitrogen and oxygen atoms in total. The maximum atomic E-state index is 12.9. The van der Waals surface area contributed by atoms with Gasteiger partial charge in [-0.2, -0.15) is 0 Å². The number of nitro benzene ring substituents is 1. The number of halogens is 2.